The monoisotopic (exact) mass is 282 g/mol. The second kappa shape index (κ2) is 6.72. The van der Waals surface area contributed by atoms with E-state index in [9.17, 15) is 0 Å². The van der Waals surface area contributed by atoms with Crippen LogP contribution in [-0.4, -0.2) is 11.5 Å². The summed E-state index contributed by atoms with van der Waals surface area (Å²) in [5, 5.41) is 3.36. The van der Waals surface area contributed by atoms with Crippen molar-refractivity contribution >= 4 is 0 Å². The van der Waals surface area contributed by atoms with Gasteiger partial charge >= 0.3 is 0 Å². The second-order valence-corrected chi connectivity index (χ2v) is 5.53. The Morgan fingerprint density at radius 2 is 2.05 bits per heavy atom. The Morgan fingerprint density at radius 3 is 2.95 bits per heavy atom. The van der Waals surface area contributed by atoms with Gasteiger partial charge < -0.3 is 10.1 Å². The Hall–Kier alpha value is -1.87. The Morgan fingerprint density at radius 1 is 1.14 bits per heavy atom. The Bertz CT molecular complexity index is 610. The number of hydrogen-bond donors (Lipinski definition) is 1. The predicted molar refractivity (Wildman–Crippen MR) is 84.8 cm³/mol. The number of ether oxygens (including phenoxy) is 1. The zero-order valence-corrected chi connectivity index (χ0v) is 12.6. The van der Waals surface area contributed by atoms with Crippen LogP contribution in [0.3, 0.4) is 0 Å². The zero-order valence-electron chi connectivity index (χ0n) is 12.6. The van der Waals surface area contributed by atoms with E-state index < -0.39 is 0 Å². The number of hydrogen-bond acceptors (Lipinski definition) is 3. The van der Waals surface area contributed by atoms with Crippen LogP contribution in [0.5, 0.6) is 11.6 Å². The van der Waals surface area contributed by atoms with Crippen molar-refractivity contribution < 1.29 is 4.74 Å². The first kappa shape index (κ1) is 14.1. The maximum absolute atomic E-state index is 5.91. The molecular weight excluding hydrogens is 260 g/mol. The molecule has 3 heteroatoms. The number of rotatable bonds is 6. The molecule has 0 unspecified atom stereocenters. The van der Waals surface area contributed by atoms with E-state index >= 15 is 0 Å². The maximum atomic E-state index is 5.91. The van der Waals surface area contributed by atoms with Crippen molar-refractivity contribution in [3.8, 4) is 11.6 Å². The SMILES string of the molecule is CCCNCc1cccc(Oc2ccc3c(c2)CCC3)n1. The molecule has 3 rings (SSSR count). The fraction of sp³-hybridized carbons (Fsp3) is 0.389. The van der Waals surface area contributed by atoms with Gasteiger partial charge in [0.2, 0.25) is 5.88 Å². The third-order valence-electron chi connectivity index (χ3n) is 3.81. The molecule has 1 aliphatic carbocycles. The molecule has 0 amide bonds. The molecule has 1 aliphatic rings. The van der Waals surface area contributed by atoms with Crippen molar-refractivity contribution in [2.24, 2.45) is 0 Å². The van der Waals surface area contributed by atoms with Crippen LogP contribution in [0.2, 0.25) is 0 Å². The van der Waals surface area contributed by atoms with Crippen molar-refractivity contribution in [2.45, 2.75) is 39.2 Å². The van der Waals surface area contributed by atoms with Crippen LogP contribution < -0.4 is 10.1 Å². The van der Waals surface area contributed by atoms with Crippen molar-refractivity contribution in [3.05, 3.63) is 53.2 Å². The molecule has 21 heavy (non-hydrogen) atoms. The lowest BCUT2D eigenvalue weighted by Crippen LogP contribution is -2.14. The molecule has 0 saturated carbocycles. The van der Waals surface area contributed by atoms with Gasteiger partial charge in [-0.25, -0.2) is 4.98 Å². The third-order valence-corrected chi connectivity index (χ3v) is 3.81. The number of aromatic nitrogens is 1. The lowest BCUT2D eigenvalue weighted by Gasteiger charge is -2.08. The molecule has 1 aromatic heterocycles. The van der Waals surface area contributed by atoms with E-state index in [-0.39, 0.29) is 0 Å². The van der Waals surface area contributed by atoms with Gasteiger partial charge in [-0.15, -0.1) is 0 Å². The van der Waals surface area contributed by atoms with Gasteiger partial charge in [0.1, 0.15) is 5.75 Å². The van der Waals surface area contributed by atoms with Gasteiger partial charge in [0.05, 0.1) is 5.69 Å². The summed E-state index contributed by atoms with van der Waals surface area (Å²) in [6.07, 6.45) is 4.76. The first-order valence-corrected chi connectivity index (χ1v) is 7.81. The summed E-state index contributed by atoms with van der Waals surface area (Å²) in [4.78, 5) is 4.55. The van der Waals surface area contributed by atoms with Gasteiger partial charge in [0.25, 0.3) is 0 Å². The number of nitrogens with zero attached hydrogens (tertiary/aromatic N) is 1. The van der Waals surface area contributed by atoms with Gasteiger partial charge in [-0.3, -0.25) is 0 Å². The minimum Gasteiger partial charge on any atom is -0.439 e. The molecule has 0 fully saturated rings. The highest BCUT2D eigenvalue weighted by molar-refractivity contribution is 5.39. The number of pyridine rings is 1. The fourth-order valence-corrected chi connectivity index (χ4v) is 2.74. The van der Waals surface area contributed by atoms with Gasteiger partial charge in [-0.2, -0.15) is 0 Å². The van der Waals surface area contributed by atoms with Crippen LogP contribution in [0, 0.1) is 0 Å². The number of nitrogens with one attached hydrogen (secondary N) is 1. The van der Waals surface area contributed by atoms with Gasteiger partial charge in [0, 0.05) is 12.6 Å². The van der Waals surface area contributed by atoms with Crippen LogP contribution in [0.1, 0.15) is 36.6 Å². The van der Waals surface area contributed by atoms with Crippen molar-refractivity contribution in [3.63, 3.8) is 0 Å². The van der Waals surface area contributed by atoms with Crippen LogP contribution in [-0.2, 0) is 19.4 Å². The van der Waals surface area contributed by atoms with Crippen molar-refractivity contribution in [1.29, 1.82) is 0 Å². The summed E-state index contributed by atoms with van der Waals surface area (Å²) in [5.74, 6) is 1.56. The highest BCUT2D eigenvalue weighted by Gasteiger charge is 2.11. The molecule has 3 nitrogen and oxygen atoms in total. The Labute approximate surface area is 126 Å². The van der Waals surface area contributed by atoms with Gasteiger partial charge in [-0.1, -0.05) is 19.1 Å². The molecule has 0 radical (unpaired) electrons. The molecular formula is C18H22N2O. The summed E-state index contributed by atoms with van der Waals surface area (Å²) in [5.41, 5.74) is 3.91. The molecule has 110 valence electrons. The quantitative estimate of drug-likeness (QED) is 0.817. The van der Waals surface area contributed by atoms with E-state index in [0.717, 1.165) is 31.0 Å². The Balaban J connectivity index is 1.68. The molecule has 1 heterocycles. The number of benzene rings is 1. The highest BCUT2D eigenvalue weighted by atomic mass is 16.5. The fourth-order valence-electron chi connectivity index (χ4n) is 2.74. The molecule has 2 aromatic rings. The topological polar surface area (TPSA) is 34.1 Å². The van der Waals surface area contributed by atoms with Crippen LogP contribution in [0.15, 0.2) is 36.4 Å². The van der Waals surface area contributed by atoms with E-state index in [1.165, 1.54) is 30.4 Å². The van der Waals surface area contributed by atoms with E-state index in [2.05, 4.69) is 29.4 Å². The molecule has 0 saturated heterocycles. The molecule has 0 bridgehead atoms. The minimum atomic E-state index is 0.670. The highest BCUT2D eigenvalue weighted by Crippen LogP contribution is 2.28. The second-order valence-electron chi connectivity index (χ2n) is 5.53. The van der Waals surface area contributed by atoms with Crippen LogP contribution in [0.25, 0.3) is 0 Å². The third kappa shape index (κ3) is 3.61. The van der Waals surface area contributed by atoms with E-state index in [1.807, 2.05) is 24.3 Å². The first-order chi connectivity index (χ1) is 10.3. The first-order valence-electron chi connectivity index (χ1n) is 7.81. The lowest BCUT2D eigenvalue weighted by atomic mass is 10.1. The molecule has 1 N–H and O–H groups in total. The predicted octanol–water partition coefficient (Wildman–Crippen LogP) is 3.86. The van der Waals surface area contributed by atoms with Gasteiger partial charge in [0.15, 0.2) is 0 Å². The van der Waals surface area contributed by atoms with Gasteiger partial charge in [-0.05, 0) is 61.6 Å². The average Bonchev–Trinajstić information content (AvgIpc) is 2.95. The van der Waals surface area contributed by atoms with Crippen molar-refractivity contribution in [2.75, 3.05) is 6.54 Å². The van der Waals surface area contributed by atoms with E-state index in [4.69, 9.17) is 4.74 Å². The summed E-state index contributed by atoms with van der Waals surface area (Å²) >= 11 is 0. The molecule has 0 aliphatic heterocycles. The Kier molecular flexibility index (Phi) is 4.51. The van der Waals surface area contributed by atoms with E-state index in [0.29, 0.717) is 5.88 Å². The molecule has 1 aromatic carbocycles. The number of aryl methyl sites for hydroxylation is 2. The minimum absolute atomic E-state index is 0.670. The maximum Gasteiger partial charge on any atom is 0.219 e. The standard InChI is InChI=1S/C18H22N2O/c1-2-11-19-13-16-7-4-8-18(20-16)21-17-10-9-14-5-3-6-15(14)12-17/h4,7-10,12,19H,2-3,5-6,11,13H2,1H3. The average molecular weight is 282 g/mol. The largest absolute Gasteiger partial charge is 0.439 e. The molecule has 0 atom stereocenters. The summed E-state index contributed by atoms with van der Waals surface area (Å²) < 4.78 is 5.91. The summed E-state index contributed by atoms with van der Waals surface area (Å²) in [6.45, 7) is 3.96. The van der Waals surface area contributed by atoms with Crippen LogP contribution in [0.4, 0.5) is 0 Å². The summed E-state index contributed by atoms with van der Waals surface area (Å²) in [6, 6.07) is 12.3. The van der Waals surface area contributed by atoms with E-state index in [1.54, 1.807) is 0 Å². The summed E-state index contributed by atoms with van der Waals surface area (Å²) in [7, 11) is 0. The smallest absolute Gasteiger partial charge is 0.219 e. The van der Waals surface area contributed by atoms with Crippen molar-refractivity contribution in [1.82, 2.24) is 10.3 Å². The molecule has 0 spiro atoms. The number of fused-ring (bicyclic) bond motifs is 1. The lowest BCUT2D eigenvalue weighted by molar-refractivity contribution is 0.459. The normalized spacial score (nSPS) is 13.2. The zero-order chi connectivity index (χ0) is 14.5. The van der Waals surface area contributed by atoms with Crippen LogP contribution >= 0.6 is 0 Å².